The Morgan fingerprint density at radius 1 is 1.37 bits per heavy atom. The zero-order valence-corrected chi connectivity index (χ0v) is 14.8. The van der Waals surface area contributed by atoms with E-state index < -0.39 is 66.9 Å². The van der Waals surface area contributed by atoms with Gasteiger partial charge >= 0.3 is 17.8 Å². The number of nitrogens with one attached hydrogen (secondary N) is 1. The van der Waals surface area contributed by atoms with E-state index >= 15 is 0 Å². The van der Waals surface area contributed by atoms with Crippen LogP contribution in [0.4, 0.5) is 8.78 Å². The van der Waals surface area contributed by atoms with Crippen molar-refractivity contribution in [1.82, 2.24) is 5.32 Å². The number of halogens is 2. The summed E-state index contributed by atoms with van der Waals surface area (Å²) in [7, 11) is 0. The van der Waals surface area contributed by atoms with Gasteiger partial charge in [0, 0.05) is 13.3 Å². The number of carbonyl (C=O) groups is 3. The molecule has 1 aliphatic heterocycles. The molecular weight excluding hydrogens is 374 g/mol. The average Bonchev–Trinajstić information content (AvgIpc) is 2.59. The number of carboxylic acid groups (broad SMARTS) is 1. The molecule has 6 N–H and O–H groups in total. The van der Waals surface area contributed by atoms with Gasteiger partial charge in [-0.25, -0.2) is 9.18 Å². The van der Waals surface area contributed by atoms with Crippen LogP contribution in [0.2, 0.25) is 0 Å². The summed E-state index contributed by atoms with van der Waals surface area (Å²) in [5.74, 6) is -7.64. The molecule has 1 amide bonds. The molecule has 7 atom stereocenters. The van der Waals surface area contributed by atoms with Crippen molar-refractivity contribution in [3.8, 4) is 0 Å². The Balaban J connectivity index is 3.03. The zero-order valence-electron chi connectivity index (χ0n) is 14.8. The molecule has 12 heteroatoms. The van der Waals surface area contributed by atoms with E-state index in [-0.39, 0.29) is 6.42 Å². The summed E-state index contributed by atoms with van der Waals surface area (Å²) < 4.78 is 37.9. The normalized spacial score (nSPS) is 33.0. The van der Waals surface area contributed by atoms with Gasteiger partial charge in [0.25, 0.3) is 0 Å². The highest BCUT2D eigenvalue weighted by Crippen LogP contribution is 2.35. The van der Waals surface area contributed by atoms with Crippen LogP contribution >= 0.6 is 0 Å². The number of carbonyl (C=O) groups excluding carboxylic acids is 2. The lowest BCUT2D eigenvalue weighted by molar-refractivity contribution is -0.276. The van der Waals surface area contributed by atoms with E-state index in [1.807, 2.05) is 0 Å². The second kappa shape index (κ2) is 9.35. The van der Waals surface area contributed by atoms with Crippen molar-refractivity contribution < 1.29 is 48.0 Å². The van der Waals surface area contributed by atoms with Crippen molar-refractivity contribution in [2.45, 2.75) is 69.1 Å². The lowest BCUT2D eigenvalue weighted by atomic mass is 9.86. The molecule has 27 heavy (non-hydrogen) atoms. The van der Waals surface area contributed by atoms with Gasteiger partial charge in [-0.15, -0.1) is 0 Å². The molecule has 156 valence electrons. The lowest BCUT2D eigenvalue weighted by Crippen LogP contribution is -2.73. The molecule has 0 saturated carbocycles. The van der Waals surface area contributed by atoms with Gasteiger partial charge in [-0.3, -0.25) is 9.59 Å². The van der Waals surface area contributed by atoms with Crippen LogP contribution in [0.3, 0.4) is 0 Å². The summed E-state index contributed by atoms with van der Waals surface area (Å²) in [6.07, 6.45) is -8.16. The molecule has 0 aliphatic carbocycles. The number of ether oxygens (including phenoxy) is 2. The number of rotatable bonds is 8. The third-order valence-corrected chi connectivity index (χ3v) is 4.03. The van der Waals surface area contributed by atoms with Crippen LogP contribution in [0.5, 0.6) is 0 Å². The average molecular weight is 398 g/mol. The smallest absolute Gasteiger partial charge is 0.372 e. The molecule has 0 bridgehead atoms. The number of hydrogen-bond donors (Lipinski definition) is 5. The molecule has 1 heterocycles. The third kappa shape index (κ3) is 5.31. The van der Waals surface area contributed by atoms with E-state index in [4.69, 9.17) is 15.6 Å². The first-order chi connectivity index (χ1) is 12.5. The van der Waals surface area contributed by atoms with Crippen molar-refractivity contribution in [3.05, 3.63) is 0 Å². The number of aliphatic hydroxyl groups is 2. The van der Waals surface area contributed by atoms with E-state index in [9.17, 15) is 33.4 Å². The number of alkyl halides is 2. The number of aliphatic hydroxyl groups excluding tert-OH is 2. The fourth-order valence-electron chi connectivity index (χ4n) is 2.62. The van der Waals surface area contributed by atoms with Crippen molar-refractivity contribution in [2.75, 3.05) is 6.61 Å². The molecule has 1 fully saturated rings. The Kier molecular flexibility index (Phi) is 8.02. The van der Waals surface area contributed by atoms with Crippen LogP contribution in [0.1, 0.15) is 26.7 Å². The van der Waals surface area contributed by atoms with Crippen LogP contribution in [-0.2, 0) is 23.9 Å². The second-order valence-corrected chi connectivity index (χ2v) is 6.23. The predicted molar refractivity (Wildman–Crippen MR) is 84.7 cm³/mol. The molecule has 4 unspecified atom stereocenters. The molecule has 0 aromatic heterocycles. The van der Waals surface area contributed by atoms with Crippen molar-refractivity contribution in [1.29, 1.82) is 0 Å². The molecule has 0 aromatic carbocycles. The van der Waals surface area contributed by atoms with Crippen LogP contribution < -0.4 is 11.1 Å². The summed E-state index contributed by atoms with van der Waals surface area (Å²) in [6, 6.07) is -3.46. The fourth-order valence-corrected chi connectivity index (χ4v) is 2.62. The number of aliphatic carboxylic acids is 1. The Labute approximate surface area is 153 Å². The number of nitrogens with two attached hydrogens (primary N) is 1. The zero-order chi connectivity index (χ0) is 20.9. The number of amides is 1. The highest BCUT2D eigenvalue weighted by atomic mass is 19.2. The highest BCUT2D eigenvalue weighted by molar-refractivity contribution is 5.77. The lowest BCUT2D eigenvalue weighted by Gasteiger charge is -2.45. The maximum Gasteiger partial charge on any atom is 0.372 e. The SMILES string of the molecule is CCCC(=O)OC[C@@H](O)[C@@H](O)C1O[C@@](F)(C(=O)O)C(F)C(N)C1NC(C)=O. The van der Waals surface area contributed by atoms with Gasteiger partial charge in [-0.1, -0.05) is 6.92 Å². The van der Waals surface area contributed by atoms with E-state index in [2.05, 4.69) is 10.1 Å². The molecule has 10 nitrogen and oxygen atoms in total. The third-order valence-electron chi connectivity index (χ3n) is 4.03. The van der Waals surface area contributed by atoms with Gasteiger partial charge < -0.3 is 35.8 Å². The Bertz CT molecular complexity index is 566. The van der Waals surface area contributed by atoms with Gasteiger partial charge in [0.15, 0.2) is 6.17 Å². The van der Waals surface area contributed by atoms with Crippen molar-refractivity contribution >= 4 is 17.8 Å². The standard InChI is InChI=1S/C15H24F2N2O8/c1-3-4-8(22)26-5-7(21)11(23)12-10(19-6(2)20)9(18)13(16)15(17,27-12)14(24)25/h7,9-13,21,23H,3-5,18H2,1-2H3,(H,19,20)(H,24,25)/t7-,9?,10?,11-,12?,13?,15-/m1/s1. The van der Waals surface area contributed by atoms with Crippen molar-refractivity contribution in [2.24, 2.45) is 5.73 Å². The number of esters is 1. The van der Waals surface area contributed by atoms with E-state index in [1.54, 1.807) is 6.92 Å². The van der Waals surface area contributed by atoms with Gasteiger partial charge in [-0.05, 0) is 6.42 Å². The molecule has 1 rings (SSSR count). The first kappa shape index (κ1) is 23.1. The molecule has 0 aromatic rings. The first-order valence-electron chi connectivity index (χ1n) is 8.24. The summed E-state index contributed by atoms with van der Waals surface area (Å²) in [5, 5.41) is 31.3. The number of hydrogen-bond acceptors (Lipinski definition) is 8. The number of carboxylic acids is 1. The van der Waals surface area contributed by atoms with E-state index in [0.717, 1.165) is 6.92 Å². The monoisotopic (exact) mass is 398 g/mol. The quantitative estimate of drug-likeness (QED) is 0.301. The molecule has 0 spiro atoms. The van der Waals surface area contributed by atoms with Crippen LogP contribution in [-0.4, -0.2) is 82.2 Å². The Morgan fingerprint density at radius 2 is 1.96 bits per heavy atom. The fraction of sp³-hybridized carbons (Fsp3) is 0.800. The van der Waals surface area contributed by atoms with Crippen molar-refractivity contribution in [3.63, 3.8) is 0 Å². The van der Waals surface area contributed by atoms with Crippen LogP contribution in [0, 0.1) is 0 Å². The molecule has 1 saturated heterocycles. The summed E-state index contributed by atoms with van der Waals surface area (Å²) in [4.78, 5) is 33.7. The molecule has 1 aliphatic rings. The Morgan fingerprint density at radius 3 is 2.44 bits per heavy atom. The maximum atomic E-state index is 14.5. The summed E-state index contributed by atoms with van der Waals surface area (Å²) in [5.41, 5.74) is 5.52. The van der Waals surface area contributed by atoms with E-state index in [1.165, 1.54) is 0 Å². The van der Waals surface area contributed by atoms with Crippen LogP contribution in [0.15, 0.2) is 0 Å². The van der Waals surface area contributed by atoms with E-state index in [0.29, 0.717) is 6.42 Å². The van der Waals surface area contributed by atoms with Gasteiger partial charge in [0.2, 0.25) is 5.91 Å². The minimum absolute atomic E-state index is 0.0538. The maximum absolute atomic E-state index is 14.5. The summed E-state index contributed by atoms with van der Waals surface area (Å²) >= 11 is 0. The molecule has 0 radical (unpaired) electrons. The minimum Gasteiger partial charge on any atom is -0.477 e. The largest absolute Gasteiger partial charge is 0.477 e. The topological polar surface area (TPSA) is 168 Å². The van der Waals surface area contributed by atoms with Crippen LogP contribution in [0.25, 0.3) is 0 Å². The predicted octanol–water partition coefficient (Wildman–Crippen LogP) is -1.63. The minimum atomic E-state index is -3.90. The first-order valence-corrected chi connectivity index (χ1v) is 8.24. The Hall–Kier alpha value is -1.89. The van der Waals surface area contributed by atoms with Gasteiger partial charge in [-0.2, -0.15) is 4.39 Å². The molecular formula is C15H24F2N2O8. The van der Waals surface area contributed by atoms with Gasteiger partial charge in [0.05, 0.1) is 12.1 Å². The highest BCUT2D eigenvalue weighted by Gasteiger charge is 2.62. The second-order valence-electron chi connectivity index (χ2n) is 6.23. The summed E-state index contributed by atoms with van der Waals surface area (Å²) in [6.45, 7) is 2.02. The van der Waals surface area contributed by atoms with Gasteiger partial charge in [0.1, 0.15) is 24.9 Å².